The molecule has 0 bridgehead atoms. The second-order valence-corrected chi connectivity index (χ2v) is 6.39. The Morgan fingerprint density at radius 2 is 2.26 bits per heavy atom. The fourth-order valence-electron chi connectivity index (χ4n) is 3.24. The predicted octanol–water partition coefficient (Wildman–Crippen LogP) is 1.02. The van der Waals surface area contributed by atoms with Crippen LogP contribution in [0.5, 0.6) is 0 Å². The lowest BCUT2D eigenvalue weighted by Crippen LogP contribution is -2.33. The van der Waals surface area contributed by atoms with Crippen LogP contribution in [0.2, 0.25) is 0 Å². The number of nitrogens with zero attached hydrogens (tertiary/aromatic N) is 4. The van der Waals surface area contributed by atoms with Gasteiger partial charge in [0.1, 0.15) is 11.6 Å². The summed E-state index contributed by atoms with van der Waals surface area (Å²) >= 11 is 0. The number of hydrogen-bond acceptors (Lipinski definition) is 4. The molecule has 1 saturated heterocycles. The predicted molar refractivity (Wildman–Crippen MR) is 89.4 cm³/mol. The maximum absolute atomic E-state index is 5.89. The second kappa shape index (κ2) is 8.29. The van der Waals surface area contributed by atoms with Crippen molar-refractivity contribution < 1.29 is 4.74 Å². The molecule has 0 aliphatic carbocycles. The molecule has 0 aromatic carbocycles. The van der Waals surface area contributed by atoms with Crippen LogP contribution in [-0.2, 0) is 24.1 Å². The van der Waals surface area contributed by atoms with Crippen LogP contribution in [0.15, 0.2) is 4.99 Å². The van der Waals surface area contributed by atoms with Crippen LogP contribution < -0.4 is 11.1 Å². The summed E-state index contributed by atoms with van der Waals surface area (Å²) in [5.74, 6) is 2.78. The largest absolute Gasteiger partial charge is 0.376 e. The lowest BCUT2D eigenvalue weighted by atomic mass is 10.2. The van der Waals surface area contributed by atoms with E-state index in [1.807, 2.05) is 0 Å². The Bertz CT molecular complexity index is 521. The Hall–Kier alpha value is -1.63. The number of aliphatic imine (C=N–C) groups is 1. The van der Waals surface area contributed by atoms with E-state index in [1.54, 1.807) is 0 Å². The molecule has 0 spiro atoms. The summed E-state index contributed by atoms with van der Waals surface area (Å²) in [6.45, 7) is 3.39. The molecule has 3 heterocycles. The number of guanidine groups is 1. The van der Waals surface area contributed by atoms with E-state index in [4.69, 9.17) is 10.5 Å². The SMILES string of the molecule is NC(=NCC1CCCO1)NCCCc1nnc2n1CCCCC2. The maximum atomic E-state index is 5.89. The second-order valence-electron chi connectivity index (χ2n) is 6.39. The highest BCUT2D eigenvalue weighted by atomic mass is 16.5. The number of nitrogens with two attached hydrogens (primary N) is 1. The average molecular weight is 320 g/mol. The van der Waals surface area contributed by atoms with E-state index in [-0.39, 0.29) is 6.10 Å². The van der Waals surface area contributed by atoms with Crippen LogP contribution in [0, 0.1) is 0 Å². The molecule has 1 atom stereocenters. The van der Waals surface area contributed by atoms with Gasteiger partial charge in [-0.3, -0.25) is 4.99 Å². The Balaban J connectivity index is 1.38. The summed E-state index contributed by atoms with van der Waals surface area (Å²) in [5, 5.41) is 11.9. The summed E-state index contributed by atoms with van der Waals surface area (Å²) in [6, 6.07) is 0. The molecule has 1 fully saturated rings. The molecule has 1 unspecified atom stereocenters. The van der Waals surface area contributed by atoms with Gasteiger partial charge in [-0.1, -0.05) is 6.42 Å². The van der Waals surface area contributed by atoms with Gasteiger partial charge in [-0.25, -0.2) is 0 Å². The first-order valence-corrected chi connectivity index (χ1v) is 8.89. The van der Waals surface area contributed by atoms with Crippen LogP contribution in [0.4, 0.5) is 0 Å². The first-order chi connectivity index (χ1) is 11.3. The van der Waals surface area contributed by atoms with E-state index >= 15 is 0 Å². The summed E-state index contributed by atoms with van der Waals surface area (Å²) in [4.78, 5) is 4.35. The van der Waals surface area contributed by atoms with E-state index < -0.39 is 0 Å². The van der Waals surface area contributed by atoms with Gasteiger partial charge in [0.25, 0.3) is 0 Å². The number of nitrogens with one attached hydrogen (secondary N) is 1. The van der Waals surface area contributed by atoms with Gasteiger partial charge in [0.2, 0.25) is 0 Å². The highest BCUT2D eigenvalue weighted by Crippen LogP contribution is 2.15. The van der Waals surface area contributed by atoms with Crippen molar-refractivity contribution in [2.75, 3.05) is 19.7 Å². The van der Waals surface area contributed by atoms with Crippen LogP contribution in [0.25, 0.3) is 0 Å². The highest BCUT2D eigenvalue weighted by molar-refractivity contribution is 5.77. The van der Waals surface area contributed by atoms with Gasteiger partial charge in [-0.2, -0.15) is 0 Å². The van der Waals surface area contributed by atoms with Gasteiger partial charge >= 0.3 is 0 Å². The Kier molecular flexibility index (Phi) is 5.85. The molecule has 1 aromatic rings. The maximum Gasteiger partial charge on any atom is 0.188 e. The first kappa shape index (κ1) is 16.2. The van der Waals surface area contributed by atoms with Crippen molar-refractivity contribution in [3.8, 4) is 0 Å². The van der Waals surface area contributed by atoms with Crippen molar-refractivity contribution in [2.45, 2.75) is 64.0 Å². The molecule has 128 valence electrons. The quantitative estimate of drug-likeness (QED) is 0.464. The van der Waals surface area contributed by atoms with E-state index in [9.17, 15) is 0 Å². The normalized spacial score (nSPS) is 21.9. The van der Waals surface area contributed by atoms with Crippen LogP contribution >= 0.6 is 0 Å². The van der Waals surface area contributed by atoms with E-state index in [0.29, 0.717) is 12.5 Å². The molecular weight excluding hydrogens is 292 g/mol. The molecule has 1 aromatic heterocycles. The summed E-state index contributed by atoms with van der Waals surface area (Å²) < 4.78 is 7.84. The van der Waals surface area contributed by atoms with Crippen molar-refractivity contribution in [1.29, 1.82) is 0 Å². The number of fused-ring (bicyclic) bond motifs is 1. The van der Waals surface area contributed by atoms with E-state index in [1.165, 1.54) is 19.3 Å². The van der Waals surface area contributed by atoms with E-state index in [0.717, 1.165) is 63.4 Å². The van der Waals surface area contributed by atoms with Crippen molar-refractivity contribution in [2.24, 2.45) is 10.7 Å². The minimum Gasteiger partial charge on any atom is -0.376 e. The van der Waals surface area contributed by atoms with Gasteiger partial charge in [-0.15, -0.1) is 10.2 Å². The monoisotopic (exact) mass is 320 g/mol. The summed E-state index contributed by atoms with van der Waals surface area (Å²) in [6.07, 6.45) is 9.21. The molecule has 2 aliphatic rings. The van der Waals surface area contributed by atoms with Gasteiger partial charge in [0.15, 0.2) is 5.96 Å². The third kappa shape index (κ3) is 4.67. The fourth-order valence-corrected chi connectivity index (χ4v) is 3.24. The zero-order valence-corrected chi connectivity index (χ0v) is 13.8. The van der Waals surface area contributed by atoms with Crippen molar-refractivity contribution in [3.05, 3.63) is 11.6 Å². The Morgan fingerprint density at radius 3 is 3.13 bits per heavy atom. The zero-order chi connectivity index (χ0) is 15.9. The standard InChI is InChI=1S/C16H28N6O/c17-16(19-12-13-6-5-11-23-13)18-9-4-8-15-21-20-14-7-2-1-3-10-22(14)15/h13H,1-12H2,(H3,17,18,19). The minimum atomic E-state index is 0.252. The molecule has 0 radical (unpaired) electrons. The molecule has 0 saturated carbocycles. The molecule has 0 amide bonds. The molecule has 23 heavy (non-hydrogen) atoms. The lowest BCUT2D eigenvalue weighted by Gasteiger charge is -2.09. The third-order valence-electron chi connectivity index (χ3n) is 4.56. The highest BCUT2D eigenvalue weighted by Gasteiger charge is 2.15. The molecule has 3 N–H and O–H groups in total. The lowest BCUT2D eigenvalue weighted by molar-refractivity contribution is 0.118. The number of ether oxygens (including phenoxy) is 1. The van der Waals surface area contributed by atoms with Gasteiger partial charge < -0.3 is 20.4 Å². The number of aromatic nitrogens is 3. The summed E-state index contributed by atoms with van der Waals surface area (Å²) in [7, 11) is 0. The smallest absolute Gasteiger partial charge is 0.188 e. The number of rotatable bonds is 6. The number of hydrogen-bond donors (Lipinski definition) is 2. The minimum absolute atomic E-state index is 0.252. The summed E-state index contributed by atoms with van der Waals surface area (Å²) in [5.41, 5.74) is 5.89. The Morgan fingerprint density at radius 1 is 1.30 bits per heavy atom. The number of aryl methyl sites for hydroxylation is 2. The van der Waals surface area contributed by atoms with Crippen molar-refractivity contribution >= 4 is 5.96 Å². The molecule has 7 nitrogen and oxygen atoms in total. The van der Waals surface area contributed by atoms with Gasteiger partial charge in [0, 0.05) is 32.5 Å². The van der Waals surface area contributed by atoms with Gasteiger partial charge in [0.05, 0.1) is 12.6 Å². The Labute approximate surface area is 137 Å². The molecule has 3 rings (SSSR count). The van der Waals surface area contributed by atoms with Gasteiger partial charge in [-0.05, 0) is 32.1 Å². The molecule has 2 aliphatic heterocycles. The average Bonchev–Trinajstić information content (AvgIpc) is 3.15. The topological polar surface area (TPSA) is 90.3 Å². The van der Waals surface area contributed by atoms with E-state index in [2.05, 4.69) is 25.1 Å². The van der Waals surface area contributed by atoms with Crippen LogP contribution in [0.3, 0.4) is 0 Å². The third-order valence-corrected chi connectivity index (χ3v) is 4.56. The fraction of sp³-hybridized carbons (Fsp3) is 0.812. The van der Waals surface area contributed by atoms with Crippen LogP contribution in [-0.4, -0.2) is 46.5 Å². The van der Waals surface area contributed by atoms with Crippen molar-refractivity contribution in [1.82, 2.24) is 20.1 Å². The zero-order valence-electron chi connectivity index (χ0n) is 13.8. The first-order valence-electron chi connectivity index (χ1n) is 8.89. The molecule has 7 heteroatoms. The molecular formula is C16H28N6O. The van der Waals surface area contributed by atoms with Crippen LogP contribution in [0.1, 0.15) is 50.2 Å². The van der Waals surface area contributed by atoms with Crippen molar-refractivity contribution in [3.63, 3.8) is 0 Å².